The van der Waals surface area contributed by atoms with Gasteiger partial charge in [0.05, 0.1) is 17.7 Å². The summed E-state index contributed by atoms with van der Waals surface area (Å²) in [6.45, 7) is 1.42. The van der Waals surface area contributed by atoms with Gasteiger partial charge < -0.3 is 9.47 Å². The van der Waals surface area contributed by atoms with Gasteiger partial charge in [-0.1, -0.05) is 11.6 Å². The maximum Gasteiger partial charge on any atom is 0.338 e. The molecule has 1 atom stereocenters. The normalized spacial score (nSPS) is 12.3. The molecule has 7 nitrogen and oxygen atoms in total. The zero-order chi connectivity index (χ0) is 19.5. The van der Waals surface area contributed by atoms with E-state index in [9.17, 15) is 18.0 Å². The van der Waals surface area contributed by atoms with Crippen LogP contribution in [0.3, 0.4) is 0 Å². The monoisotopic (exact) mass is 397 g/mol. The number of rotatable bonds is 6. The summed E-state index contributed by atoms with van der Waals surface area (Å²) in [5.41, 5.74) is 0.250. The summed E-state index contributed by atoms with van der Waals surface area (Å²) in [4.78, 5) is 24.1. The Morgan fingerprint density at radius 3 is 2.19 bits per heavy atom. The van der Waals surface area contributed by atoms with Gasteiger partial charge in [-0.05, 0) is 49.4 Å². The molecule has 2 aromatic rings. The lowest BCUT2D eigenvalue weighted by molar-refractivity contribution is 0.0318. The number of sulfonamides is 1. The third-order valence-corrected chi connectivity index (χ3v) is 4.89. The molecule has 2 N–H and O–H groups in total. The van der Waals surface area contributed by atoms with Crippen molar-refractivity contribution in [2.24, 2.45) is 5.14 Å². The summed E-state index contributed by atoms with van der Waals surface area (Å²) in [6.07, 6.45) is -1.08. The molecule has 0 saturated heterocycles. The molecular weight excluding hydrogens is 382 g/mol. The molecule has 0 unspecified atom stereocenters. The molecule has 0 bridgehead atoms. The van der Waals surface area contributed by atoms with Gasteiger partial charge in [0.1, 0.15) is 10.6 Å². The summed E-state index contributed by atoms with van der Waals surface area (Å²) < 4.78 is 33.1. The smallest absolute Gasteiger partial charge is 0.338 e. The van der Waals surface area contributed by atoms with Crippen molar-refractivity contribution in [2.75, 3.05) is 7.11 Å². The van der Waals surface area contributed by atoms with Crippen LogP contribution in [0.25, 0.3) is 0 Å². The van der Waals surface area contributed by atoms with Crippen LogP contribution in [0.2, 0.25) is 5.02 Å². The molecule has 0 fully saturated rings. The quantitative estimate of drug-likeness (QED) is 0.591. The maximum atomic E-state index is 12.3. The number of ketones is 1. The molecule has 0 aliphatic rings. The van der Waals surface area contributed by atoms with E-state index in [4.69, 9.17) is 26.2 Å². The van der Waals surface area contributed by atoms with Crippen molar-refractivity contribution in [3.8, 4) is 5.75 Å². The number of hydrogen-bond donors (Lipinski definition) is 1. The second-order valence-electron chi connectivity index (χ2n) is 5.33. The Morgan fingerprint density at radius 2 is 1.65 bits per heavy atom. The van der Waals surface area contributed by atoms with E-state index in [2.05, 4.69) is 0 Å². The van der Waals surface area contributed by atoms with E-state index in [-0.39, 0.29) is 10.6 Å². The average Bonchev–Trinajstić information content (AvgIpc) is 2.60. The largest absolute Gasteiger partial charge is 0.497 e. The van der Waals surface area contributed by atoms with Crippen molar-refractivity contribution < 1.29 is 27.5 Å². The number of carbonyl (C=O) groups is 2. The first-order valence-electron chi connectivity index (χ1n) is 7.35. The number of esters is 1. The highest BCUT2D eigenvalue weighted by molar-refractivity contribution is 7.89. The Balaban J connectivity index is 2.17. The minimum atomic E-state index is -4.10. The van der Waals surface area contributed by atoms with Gasteiger partial charge in [0.15, 0.2) is 6.10 Å². The average molecular weight is 398 g/mol. The molecule has 9 heteroatoms. The summed E-state index contributed by atoms with van der Waals surface area (Å²) in [5, 5.41) is 4.93. The molecule has 0 saturated carbocycles. The maximum absolute atomic E-state index is 12.3. The van der Waals surface area contributed by atoms with Crippen LogP contribution >= 0.6 is 11.6 Å². The first-order valence-corrected chi connectivity index (χ1v) is 9.27. The predicted molar refractivity (Wildman–Crippen MR) is 95.0 cm³/mol. The number of primary sulfonamides is 1. The topological polar surface area (TPSA) is 113 Å². The van der Waals surface area contributed by atoms with E-state index >= 15 is 0 Å². The Kier molecular flexibility index (Phi) is 6.01. The second-order valence-corrected chi connectivity index (χ2v) is 7.27. The van der Waals surface area contributed by atoms with Gasteiger partial charge in [0.25, 0.3) is 0 Å². The molecule has 2 rings (SSSR count). The van der Waals surface area contributed by atoms with E-state index in [0.717, 1.165) is 6.07 Å². The van der Waals surface area contributed by atoms with Gasteiger partial charge in [-0.3, -0.25) is 4.79 Å². The van der Waals surface area contributed by atoms with Crippen molar-refractivity contribution in [3.05, 3.63) is 58.6 Å². The molecular formula is C17H16ClNO6S. The van der Waals surface area contributed by atoms with Crippen LogP contribution in [0.1, 0.15) is 27.6 Å². The lowest BCUT2D eigenvalue weighted by Gasteiger charge is -2.13. The Bertz CT molecular complexity index is 940. The Morgan fingerprint density at radius 1 is 1.08 bits per heavy atom. The van der Waals surface area contributed by atoms with Crippen molar-refractivity contribution in [3.63, 3.8) is 0 Å². The highest BCUT2D eigenvalue weighted by Gasteiger charge is 2.22. The summed E-state index contributed by atoms with van der Waals surface area (Å²) >= 11 is 5.77. The van der Waals surface area contributed by atoms with Crippen molar-refractivity contribution in [1.29, 1.82) is 0 Å². The third kappa shape index (κ3) is 4.60. The van der Waals surface area contributed by atoms with Crippen LogP contribution in [0, 0.1) is 0 Å². The van der Waals surface area contributed by atoms with Gasteiger partial charge in [-0.25, -0.2) is 18.4 Å². The summed E-state index contributed by atoms with van der Waals surface area (Å²) in [5.74, 6) is -0.703. The minimum absolute atomic E-state index is 0.0900. The van der Waals surface area contributed by atoms with E-state index in [1.54, 1.807) is 24.3 Å². The van der Waals surface area contributed by atoms with Gasteiger partial charge in [0, 0.05) is 5.56 Å². The zero-order valence-corrected chi connectivity index (χ0v) is 15.5. The van der Waals surface area contributed by atoms with Crippen LogP contribution in [0.15, 0.2) is 47.4 Å². The minimum Gasteiger partial charge on any atom is -0.497 e. The molecule has 0 aliphatic heterocycles. The number of ether oxygens (including phenoxy) is 2. The fraction of sp³-hybridized carbons (Fsp3) is 0.176. The fourth-order valence-corrected chi connectivity index (χ4v) is 3.19. The number of halogens is 1. The molecule has 0 heterocycles. The number of methoxy groups -OCH3 is 1. The molecule has 0 radical (unpaired) electrons. The molecule has 0 aliphatic carbocycles. The van der Waals surface area contributed by atoms with Crippen molar-refractivity contribution >= 4 is 33.4 Å². The van der Waals surface area contributed by atoms with E-state index in [1.165, 1.54) is 26.2 Å². The van der Waals surface area contributed by atoms with Crippen LogP contribution in [0.5, 0.6) is 5.75 Å². The van der Waals surface area contributed by atoms with Crippen molar-refractivity contribution in [1.82, 2.24) is 0 Å². The number of hydrogen-bond acceptors (Lipinski definition) is 6. The highest BCUT2D eigenvalue weighted by atomic mass is 35.5. The summed E-state index contributed by atoms with van der Waals surface area (Å²) in [7, 11) is -2.60. The lowest BCUT2D eigenvalue weighted by Crippen LogP contribution is -2.24. The molecule has 0 amide bonds. The Labute approximate surface area is 155 Å². The van der Waals surface area contributed by atoms with Crippen molar-refractivity contribution in [2.45, 2.75) is 17.9 Å². The lowest BCUT2D eigenvalue weighted by atomic mass is 10.1. The van der Waals surface area contributed by atoms with Gasteiger partial charge in [-0.15, -0.1) is 0 Å². The predicted octanol–water partition coefficient (Wildman–Crippen LogP) is 2.42. The molecule has 0 aromatic heterocycles. The van der Waals surface area contributed by atoms with E-state index in [1.807, 2.05) is 0 Å². The standard InChI is InChI=1S/C17H16ClNO6S/c1-10(16(20)11-3-6-13(24-2)7-4-11)25-17(21)12-5-8-14(18)15(9-12)26(19,22)23/h3-10H,1-2H3,(H2,19,22,23)/t10-/m1/s1. The van der Waals surface area contributed by atoms with Gasteiger partial charge in [0.2, 0.25) is 15.8 Å². The van der Waals surface area contributed by atoms with Crippen LogP contribution < -0.4 is 9.88 Å². The summed E-state index contributed by atoms with van der Waals surface area (Å²) in [6, 6.07) is 9.82. The van der Waals surface area contributed by atoms with Gasteiger partial charge in [-0.2, -0.15) is 0 Å². The number of carbonyl (C=O) groups excluding carboxylic acids is 2. The number of benzene rings is 2. The van der Waals surface area contributed by atoms with Gasteiger partial charge >= 0.3 is 5.97 Å². The molecule has 2 aromatic carbocycles. The fourth-order valence-electron chi connectivity index (χ4n) is 2.12. The first-order chi connectivity index (χ1) is 12.1. The highest BCUT2D eigenvalue weighted by Crippen LogP contribution is 2.22. The molecule has 26 heavy (non-hydrogen) atoms. The Hall–Kier alpha value is -2.42. The van der Waals surface area contributed by atoms with Crippen LogP contribution in [-0.4, -0.2) is 33.4 Å². The zero-order valence-electron chi connectivity index (χ0n) is 13.9. The molecule has 138 valence electrons. The number of nitrogens with two attached hydrogens (primary N) is 1. The van der Waals surface area contributed by atoms with E-state index in [0.29, 0.717) is 11.3 Å². The van der Waals surface area contributed by atoms with Crippen LogP contribution in [0.4, 0.5) is 0 Å². The SMILES string of the molecule is COc1ccc(C(=O)[C@@H](C)OC(=O)c2ccc(Cl)c(S(N)(=O)=O)c2)cc1. The molecule has 0 spiro atoms. The third-order valence-electron chi connectivity index (χ3n) is 3.50. The first kappa shape index (κ1) is 19.9. The van der Waals surface area contributed by atoms with Crippen LogP contribution in [-0.2, 0) is 14.8 Å². The second kappa shape index (κ2) is 7.86. The van der Waals surface area contributed by atoms with E-state index < -0.39 is 32.8 Å². The number of Topliss-reactive ketones (excluding diaryl/α,β-unsaturated/α-hetero) is 1.